The average molecular weight is 366 g/mol. The molecule has 1 aromatic rings. The van der Waals surface area contributed by atoms with Crippen LogP contribution in [0.25, 0.3) is 0 Å². The summed E-state index contributed by atoms with van der Waals surface area (Å²) in [6.07, 6.45) is 0.178. The van der Waals surface area contributed by atoms with E-state index in [4.69, 9.17) is 9.47 Å². The van der Waals surface area contributed by atoms with E-state index in [9.17, 15) is 14.0 Å². The summed E-state index contributed by atoms with van der Waals surface area (Å²) in [5, 5.41) is 0. The van der Waals surface area contributed by atoms with Crippen LogP contribution in [-0.4, -0.2) is 74.7 Å². The van der Waals surface area contributed by atoms with Crippen LogP contribution in [0.5, 0.6) is 0 Å². The highest BCUT2D eigenvalue weighted by molar-refractivity contribution is 5.80. The van der Waals surface area contributed by atoms with Crippen molar-refractivity contribution in [2.24, 2.45) is 5.92 Å². The average Bonchev–Trinajstić information content (AvgIpc) is 2.66. The first kappa shape index (κ1) is 20.3. The van der Waals surface area contributed by atoms with Crippen LogP contribution >= 0.6 is 0 Å². The van der Waals surface area contributed by atoms with E-state index in [1.165, 1.54) is 19.2 Å². The van der Waals surface area contributed by atoms with Gasteiger partial charge in [-0.3, -0.25) is 14.5 Å². The van der Waals surface area contributed by atoms with Gasteiger partial charge >= 0.3 is 5.97 Å². The van der Waals surface area contributed by atoms with Crippen LogP contribution in [-0.2, 0) is 25.5 Å². The van der Waals surface area contributed by atoms with Gasteiger partial charge in [0.1, 0.15) is 5.82 Å². The number of halogens is 1. The fourth-order valence-corrected chi connectivity index (χ4v) is 2.90. The van der Waals surface area contributed by atoms with Gasteiger partial charge in [-0.15, -0.1) is 0 Å². The molecule has 2 rings (SSSR count). The summed E-state index contributed by atoms with van der Waals surface area (Å²) in [6, 6.07) is 5.91. The van der Waals surface area contributed by atoms with E-state index < -0.39 is 5.92 Å². The molecule has 0 N–H and O–H groups in total. The molecule has 0 aromatic heterocycles. The fourth-order valence-electron chi connectivity index (χ4n) is 2.90. The minimum absolute atomic E-state index is 0.0828. The normalized spacial score (nSPS) is 16.1. The van der Waals surface area contributed by atoms with Gasteiger partial charge in [-0.25, -0.2) is 4.39 Å². The molecule has 1 aliphatic rings. The molecule has 0 bridgehead atoms. The van der Waals surface area contributed by atoms with Gasteiger partial charge in [0, 0.05) is 32.7 Å². The van der Waals surface area contributed by atoms with Crippen molar-refractivity contribution in [3.05, 3.63) is 35.6 Å². The van der Waals surface area contributed by atoms with Crippen LogP contribution in [0.4, 0.5) is 4.39 Å². The molecule has 1 unspecified atom stereocenters. The largest absolute Gasteiger partial charge is 0.469 e. The first-order valence-electron chi connectivity index (χ1n) is 8.89. The number of esters is 1. The van der Waals surface area contributed by atoms with Crippen molar-refractivity contribution in [1.29, 1.82) is 0 Å². The molecule has 6 nitrogen and oxygen atoms in total. The third kappa shape index (κ3) is 6.38. The monoisotopic (exact) mass is 366 g/mol. The van der Waals surface area contributed by atoms with E-state index in [1.54, 1.807) is 24.0 Å². The van der Waals surface area contributed by atoms with Crippen molar-refractivity contribution in [1.82, 2.24) is 9.80 Å². The van der Waals surface area contributed by atoms with Gasteiger partial charge in [-0.2, -0.15) is 0 Å². The van der Waals surface area contributed by atoms with Crippen LogP contribution in [0.2, 0.25) is 0 Å². The quantitative estimate of drug-likeness (QED) is 0.650. The topological polar surface area (TPSA) is 59.1 Å². The van der Waals surface area contributed by atoms with Gasteiger partial charge in [-0.05, 0) is 17.7 Å². The molecule has 0 radical (unpaired) electrons. The lowest BCUT2D eigenvalue weighted by Gasteiger charge is -2.31. The molecule has 1 aliphatic heterocycles. The molecule has 26 heavy (non-hydrogen) atoms. The second kappa shape index (κ2) is 10.2. The van der Waals surface area contributed by atoms with Gasteiger partial charge in [0.15, 0.2) is 0 Å². The number of amides is 1. The van der Waals surface area contributed by atoms with Crippen LogP contribution < -0.4 is 0 Å². The zero-order chi connectivity index (χ0) is 18.9. The minimum atomic E-state index is -0.401. The lowest BCUT2D eigenvalue weighted by atomic mass is 10.1. The second-order valence-electron chi connectivity index (χ2n) is 6.52. The van der Waals surface area contributed by atoms with Crippen molar-refractivity contribution in [3.63, 3.8) is 0 Å². The summed E-state index contributed by atoms with van der Waals surface area (Å²) < 4.78 is 23.2. The summed E-state index contributed by atoms with van der Waals surface area (Å²) in [6.45, 7) is 6.38. The van der Waals surface area contributed by atoms with Crippen molar-refractivity contribution in [2.75, 3.05) is 53.0 Å². The number of ether oxygens (including phenoxy) is 2. The number of hydrogen-bond donors (Lipinski definition) is 0. The number of carbonyl (C=O) groups is 2. The van der Waals surface area contributed by atoms with E-state index in [1.807, 2.05) is 0 Å². The first-order valence-corrected chi connectivity index (χ1v) is 8.89. The van der Waals surface area contributed by atoms with E-state index in [2.05, 4.69) is 4.90 Å². The van der Waals surface area contributed by atoms with Crippen molar-refractivity contribution in [2.45, 2.75) is 13.3 Å². The highest BCUT2D eigenvalue weighted by Crippen LogP contribution is 2.09. The Morgan fingerprint density at radius 3 is 2.54 bits per heavy atom. The maximum atomic E-state index is 13.0. The molecule has 1 aromatic carbocycles. The van der Waals surface area contributed by atoms with Crippen LogP contribution in [0, 0.1) is 11.7 Å². The molecule has 7 heteroatoms. The molecule has 0 saturated carbocycles. The number of nitrogens with zero attached hydrogens (tertiary/aromatic N) is 2. The number of carbonyl (C=O) groups excluding carboxylic acids is 2. The van der Waals surface area contributed by atoms with Crippen molar-refractivity contribution >= 4 is 11.9 Å². The number of rotatable bonds is 8. The van der Waals surface area contributed by atoms with Gasteiger partial charge < -0.3 is 14.4 Å². The van der Waals surface area contributed by atoms with E-state index in [0.717, 1.165) is 25.2 Å². The molecule has 1 atom stereocenters. The lowest BCUT2D eigenvalue weighted by Crippen LogP contribution is -2.45. The minimum Gasteiger partial charge on any atom is -0.469 e. The summed E-state index contributed by atoms with van der Waals surface area (Å²) in [5.74, 6) is -1.15. The van der Waals surface area contributed by atoms with Crippen LogP contribution in [0.1, 0.15) is 12.5 Å². The van der Waals surface area contributed by atoms with Gasteiger partial charge in [0.05, 0.1) is 32.7 Å². The lowest BCUT2D eigenvalue weighted by molar-refractivity contribution is -0.146. The number of benzene rings is 1. The fraction of sp³-hybridized carbons (Fsp3) is 0.579. The molecular formula is C19H27FN2O4. The predicted octanol–water partition coefficient (Wildman–Crippen LogP) is 1.34. The Morgan fingerprint density at radius 1 is 1.27 bits per heavy atom. The second-order valence-corrected chi connectivity index (χ2v) is 6.52. The Balaban J connectivity index is 1.98. The molecule has 0 spiro atoms. The van der Waals surface area contributed by atoms with Crippen molar-refractivity contribution in [3.8, 4) is 0 Å². The number of morpholine rings is 1. The molecule has 0 aliphatic carbocycles. The van der Waals surface area contributed by atoms with Gasteiger partial charge in [-0.1, -0.05) is 19.1 Å². The third-order valence-electron chi connectivity index (χ3n) is 4.51. The maximum Gasteiger partial charge on any atom is 0.310 e. The maximum absolute atomic E-state index is 13.0. The Kier molecular flexibility index (Phi) is 8.00. The molecule has 144 valence electrons. The molecule has 1 fully saturated rings. The highest BCUT2D eigenvalue weighted by atomic mass is 19.1. The van der Waals surface area contributed by atoms with E-state index in [0.29, 0.717) is 26.3 Å². The zero-order valence-corrected chi connectivity index (χ0v) is 15.4. The molecule has 1 amide bonds. The SMILES string of the molecule is COC(=O)C(C)CN(CCN1CCOCC1)C(=O)Cc1ccc(F)cc1. The molecular weight excluding hydrogens is 339 g/mol. The summed E-state index contributed by atoms with van der Waals surface area (Å²) in [4.78, 5) is 28.4. The van der Waals surface area contributed by atoms with E-state index in [-0.39, 0.29) is 24.1 Å². The highest BCUT2D eigenvalue weighted by Gasteiger charge is 2.22. The summed E-state index contributed by atoms with van der Waals surface area (Å²) in [7, 11) is 1.34. The first-order chi connectivity index (χ1) is 12.5. The Labute approximate surface area is 153 Å². The van der Waals surface area contributed by atoms with Crippen LogP contribution in [0.3, 0.4) is 0 Å². The number of hydrogen-bond acceptors (Lipinski definition) is 5. The summed E-state index contributed by atoms with van der Waals surface area (Å²) >= 11 is 0. The van der Waals surface area contributed by atoms with Crippen molar-refractivity contribution < 1.29 is 23.5 Å². The number of methoxy groups -OCH3 is 1. The summed E-state index contributed by atoms with van der Waals surface area (Å²) in [5.41, 5.74) is 0.749. The van der Waals surface area contributed by atoms with Gasteiger partial charge in [0.25, 0.3) is 0 Å². The van der Waals surface area contributed by atoms with Gasteiger partial charge in [0.2, 0.25) is 5.91 Å². The predicted molar refractivity (Wildman–Crippen MR) is 95.1 cm³/mol. The Morgan fingerprint density at radius 2 is 1.92 bits per heavy atom. The van der Waals surface area contributed by atoms with E-state index >= 15 is 0 Å². The molecule has 1 heterocycles. The standard InChI is InChI=1S/C19H27FN2O4/c1-15(19(24)25-2)14-22(8-7-21-9-11-26-12-10-21)18(23)13-16-3-5-17(20)6-4-16/h3-6,15H,7-14H2,1-2H3. The third-order valence-corrected chi connectivity index (χ3v) is 4.51. The smallest absolute Gasteiger partial charge is 0.310 e. The van der Waals surface area contributed by atoms with Crippen LogP contribution in [0.15, 0.2) is 24.3 Å². The molecule has 1 saturated heterocycles. The Bertz CT molecular complexity index is 588. The Hall–Kier alpha value is -1.99. The zero-order valence-electron chi connectivity index (χ0n) is 15.4.